The van der Waals surface area contributed by atoms with Crippen molar-refractivity contribution in [1.29, 1.82) is 0 Å². The maximum Gasteiger partial charge on any atom is 0.416 e. The van der Waals surface area contributed by atoms with Crippen molar-refractivity contribution < 1.29 is 27.8 Å². The molecule has 0 aliphatic carbocycles. The highest BCUT2D eigenvalue weighted by Crippen LogP contribution is 2.35. The zero-order chi connectivity index (χ0) is 20.3. The summed E-state index contributed by atoms with van der Waals surface area (Å²) in [5, 5.41) is 11.8. The number of halogens is 4. The van der Waals surface area contributed by atoms with Gasteiger partial charge in [0, 0.05) is 17.1 Å². The van der Waals surface area contributed by atoms with Crippen LogP contribution in [-0.4, -0.2) is 46.7 Å². The summed E-state index contributed by atoms with van der Waals surface area (Å²) in [6.07, 6.45) is -1.96. The Balaban J connectivity index is 1.70. The van der Waals surface area contributed by atoms with Crippen molar-refractivity contribution >= 4 is 23.5 Å². The minimum Gasteiger partial charge on any atom is -0.486 e. The molecule has 0 spiro atoms. The van der Waals surface area contributed by atoms with Crippen LogP contribution >= 0.6 is 11.6 Å². The van der Waals surface area contributed by atoms with E-state index in [9.17, 15) is 23.1 Å². The molecule has 0 bridgehead atoms. The normalized spacial score (nSPS) is 17.4. The lowest BCUT2D eigenvalue weighted by Gasteiger charge is -2.31. The molecule has 0 saturated carbocycles. The lowest BCUT2D eigenvalue weighted by atomic mass is 10.1. The fourth-order valence-electron chi connectivity index (χ4n) is 2.75. The van der Waals surface area contributed by atoms with Crippen LogP contribution in [0, 0.1) is 0 Å². The number of hydrogen-bond donors (Lipinski definition) is 2. The molecule has 1 saturated heterocycles. The lowest BCUT2D eigenvalue weighted by molar-refractivity contribution is -0.138. The Morgan fingerprint density at radius 2 is 2.04 bits per heavy atom. The number of alkyl halides is 3. The molecule has 28 heavy (non-hydrogen) atoms. The monoisotopic (exact) mass is 416 g/mol. The van der Waals surface area contributed by atoms with E-state index in [1.807, 2.05) is 0 Å². The number of anilines is 1. The van der Waals surface area contributed by atoms with E-state index in [-0.39, 0.29) is 41.3 Å². The highest BCUT2D eigenvalue weighted by Gasteiger charge is 2.34. The van der Waals surface area contributed by atoms with Crippen LogP contribution < -0.4 is 15.0 Å². The standard InChI is InChI=1S/C17H16ClF3N4O3/c18-14-3-1-2-13(17(19,20)21)12(14)9-28-11-4-22-16(23-5-11)25-6-10(8-26)24-15(27)7-25/h1-5,10,26H,6-9H2,(H,24,27)/t10-/m1/s1. The number of benzene rings is 1. The van der Waals surface area contributed by atoms with Crippen LogP contribution in [0.5, 0.6) is 5.75 Å². The molecule has 1 aliphatic heterocycles. The molecular weight excluding hydrogens is 401 g/mol. The molecule has 1 aromatic carbocycles. The number of piperazine rings is 1. The zero-order valence-electron chi connectivity index (χ0n) is 14.4. The first-order valence-corrected chi connectivity index (χ1v) is 8.60. The first-order chi connectivity index (χ1) is 13.3. The van der Waals surface area contributed by atoms with Crippen molar-refractivity contribution in [3.05, 3.63) is 46.7 Å². The van der Waals surface area contributed by atoms with Crippen molar-refractivity contribution in [2.45, 2.75) is 18.8 Å². The van der Waals surface area contributed by atoms with Crippen molar-refractivity contribution in [3.63, 3.8) is 0 Å². The number of aliphatic hydroxyl groups excluding tert-OH is 1. The van der Waals surface area contributed by atoms with Gasteiger partial charge in [0.1, 0.15) is 6.61 Å². The van der Waals surface area contributed by atoms with Gasteiger partial charge in [-0.25, -0.2) is 9.97 Å². The van der Waals surface area contributed by atoms with Crippen molar-refractivity contribution in [2.75, 3.05) is 24.6 Å². The second kappa shape index (κ2) is 8.19. The van der Waals surface area contributed by atoms with Gasteiger partial charge in [-0.3, -0.25) is 4.79 Å². The van der Waals surface area contributed by atoms with E-state index in [1.54, 1.807) is 4.90 Å². The zero-order valence-corrected chi connectivity index (χ0v) is 15.2. The molecular formula is C17H16ClF3N4O3. The minimum atomic E-state index is -4.55. The number of hydrogen-bond acceptors (Lipinski definition) is 6. The number of rotatable bonds is 5. The number of amides is 1. The van der Waals surface area contributed by atoms with Gasteiger partial charge in [0.15, 0.2) is 5.75 Å². The summed E-state index contributed by atoms with van der Waals surface area (Å²) < 4.78 is 44.7. The lowest BCUT2D eigenvalue weighted by Crippen LogP contribution is -2.56. The van der Waals surface area contributed by atoms with Gasteiger partial charge in [0.2, 0.25) is 11.9 Å². The van der Waals surface area contributed by atoms with Gasteiger partial charge < -0.3 is 20.1 Å². The third kappa shape index (κ3) is 4.63. The van der Waals surface area contributed by atoms with Crippen LogP contribution in [0.15, 0.2) is 30.6 Å². The maximum atomic E-state index is 13.1. The van der Waals surface area contributed by atoms with E-state index in [0.29, 0.717) is 6.54 Å². The number of nitrogens with zero attached hydrogens (tertiary/aromatic N) is 3. The van der Waals surface area contributed by atoms with Gasteiger partial charge in [-0.1, -0.05) is 17.7 Å². The second-order valence-corrected chi connectivity index (χ2v) is 6.51. The van der Waals surface area contributed by atoms with Crippen LogP contribution in [0.4, 0.5) is 19.1 Å². The largest absolute Gasteiger partial charge is 0.486 e. The van der Waals surface area contributed by atoms with Gasteiger partial charge in [-0.15, -0.1) is 0 Å². The number of aliphatic hydroxyl groups is 1. The quantitative estimate of drug-likeness (QED) is 0.775. The molecule has 1 aliphatic rings. The Kier molecular flexibility index (Phi) is 5.90. The summed E-state index contributed by atoms with van der Waals surface area (Å²) in [6.45, 7) is -0.263. The summed E-state index contributed by atoms with van der Waals surface area (Å²) >= 11 is 5.89. The predicted molar refractivity (Wildman–Crippen MR) is 94.0 cm³/mol. The van der Waals surface area contributed by atoms with E-state index in [0.717, 1.165) is 6.07 Å². The Labute approximate surface area is 163 Å². The van der Waals surface area contributed by atoms with E-state index in [2.05, 4.69) is 15.3 Å². The first-order valence-electron chi connectivity index (χ1n) is 8.22. The van der Waals surface area contributed by atoms with E-state index >= 15 is 0 Å². The molecule has 3 rings (SSSR count). The molecule has 2 aromatic rings. The Bertz CT molecular complexity index is 849. The van der Waals surface area contributed by atoms with Gasteiger partial charge in [0.05, 0.1) is 37.2 Å². The molecule has 2 heterocycles. The highest BCUT2D eigenvalue weighted by atomic mass is 35.5. The predicted octanol–water partition coefficient (Wildman–Crippen LogP) is 2.02. The summed E-state index contributed by atoms with van der Waals surface area (Å²) in [4.78, 5) is 21.4. The van der Waals surface area contributed by atoms with Crippen LogP contribution in [0.25, 0.3) is 0 Å². The van der Waals surface area contributed by atoms with Crippen molar-refractivity contribution in [2.24, 2.45) is 0 Å². The number of carbonyl (C=O) groups is 1. The minimum absolute atomic E-state index is 0.0330. The smallest absolute Gasteiger partial charge is 0.416 e. The molecule has 7 nitrogen and oxygen atoms in total. The van der Waals surface area contributed by atoms with Crippen molar-refractivity contribution in [3.8, 4) is 5.75 Å². The fourth-order valence-corrected chi connectivity index (χ4v) is 2.98. The molecule has 0 radical (unpaired) electrons. The molecule has 1 fully saturated rings. The number of nitrogens with one attached hydrogen (secondary N) is 1. The molecule has 0 unspecified atom stereocenters. The first kappa shape index (κ1) is 20.2. The molecule has 2 N–H and O–H groups in total. The van der Waals surface area contributed by atoms with Crippen LogP contribution in [0.1, 0.15) is 11.1 Å². The number of ether oxygens (including phenoxy) is 1. The second-order valence-electron chi connectivity index (χ2n) is 6.10. The SMILES string of the molecule is O=C1CN(c2ncc(OCc3c(Cl)cccc3C(F)(F)F)cn2)C[C@H](CO)N1. The van der Waals surface area contributed by atoms with E-state index in [1.165, 1.54) is 24.5 Å². The molecule has 1 amide bonds. The van der Waals surface area contributed by atoms with Gasteiger partial charge >= 0.3 is 6.18 Å². The third-order valence-corrected chi connectivity index (χ3v) is 4.42. The fraction of sp³-hybridized carbons (Fsp3) is 0.353. The Morgan fingerprint density at radius 3 is 2.68 bits per heavy atom. The van der Waals surface area contributed by atoms with Crippen LogP contribution in [0.2, 0.25) is 5.02 Å². The van der Waals surface area contributed by atoms with Gasteiger partial charge in [-0.2, -0.15) is 13.2 Å². The average Bonchev–Trinajstić information content (AvgIpc) is 2.66. The Hall–Kier alpha value is -2.59. The average molecular weight is 417 g/mol. The summed E-state index contributed by atoms with van der Waals surface area (Å²) in [5.41, 5.74) is -1.05. The molecule has 1 aromatic heterocycles. The number of aromatic nitrogens is 2. The van der Waals surface area contributed by atoms with Gasteiger partial charge in [0.25, 0.3) is 0 Å². The summed E-state index contributed by atoms with van der Waals surface area (Å²) in [5.74, 6) is 0.124. The highest BCUT2D eigenvalue weighted by molar-refractivity contribution is 6.31. The van der Waals surface area contributed by atoms with E-state index in [4.69, 9.17) is 16.3 Å². The Morgan fingerprint density at radius 1 is 1.32 bits per heavy atom. The maximum absolute atomic E-state index is 13.1. The third-order valence-electron chi connectivity index (χ3n) is 4.07. The van der Waals surface area contributed by atoms with Crippen LogP contribution in [-0.2, 0) is 17.6 Å². The molecule has 150 valence electrons. The summed E-state index contributed by atoms with van der Waals surface area (Å²) in [7, 11) is 0. The molecule has 1 atom stereocenters. The summed E-state index contributed by atoms with van der Waals surface area (Å²) in [6, 6.07) is 3.08. The van der Waals surface area contributed by atoms with E-state index < -0.39 is 24.4 Å². The van der Waals surface area contributed by atoms with Crippen LogP contribution in [0.3, 0.4) is 0 Å². The van der Waals surface area contributed by atoms with Crippen molar-refractivity contribution in [1.82, 2.24) is 15.3 Å². The van der Waals surface area contributed by atoms with Gasteiger partial charge in [-0.05, 0) is 12.1 Å². The topological polar surface area (TPSA) is 87.6 Å². The number of carbonyl (C=O) groups excluding carboxylic acids is 1. The molecule has 11 heteroatoms.